The SMILES string of the molecule is CC#CCNCC(O)COc1cccc(C#N)c1. The number of ether oxygens (including phenoxy) is 1. The highest BCUT2D eigenvalue weighted by atomic mass is 16.5. The Hall–Kier alpha value is -2.01. The summed E-state index contributed by atoms with van der Waals surface area (Å²) in [7, 11) is 0. The average molecular weight is 244 g/mol. The van der Waals surface area contributed by atoms with E-state index in [-0.39, 0.29) is 6.61 Å². The van der Waals surface area contributed by atoms with Crippen LogP contribution >= 0.6 is 0 Å². The van der Waals surface area contributed by atoms with Gasteiger partial charge in [0.1, 0.15) is 18.5 Å². The lowest BCUT2D eigenvalue weighted by molar-refractivity contribution is 0.107. The minimum atomic E-state index is -0.602. The van der Waals surface area contributed by atoms with Gasteiger partial charge in [0.15, 0.2) is 0 Å². The van der Waals surface area contributed by atoms with Gasteiger partial charge < -0.3 is 15.2 Å². The lowest BCUT2D eigenvalue weighted by Crippen LogP contribution is -2.31. The summed E-state index contributed by atoms with van der Waals surface area (Å²) in [6.45, 7) is 2.93. The Balaban J connectivity index is 2.30. The summed E-state index contributed by atoms with van der Waals surface area (Å²) in [6.07, 6.45) is -0.602. The molecule has 0 aliphatic rings. The van der Waals surface area contributed by atoms with E-state index in [1.54, 1.807) is 31.2 Å². The molecule has 0 fully saturated rings. The van der Waals surface area contributed by atoms with Gasteiger partial charge in [-0.05, 0) is 25.1 Å². The van der Waals surface area contributed by atoms with Crippen molar-refractivity contribution >= 4 is 0 Å². The lowest BCUT2D eigenvalue weighted by atomic mass is 10.2. The molecule has 0 aliphatic carbocycles. The first-order valence-corrected chi connectivity index (χ1v) is 5.67. The zero-order chi connectivity index (χ0) is 13.2. The van der Waals surface area contributed by atoms with E-state index in [9.17, 15) is 5.11 Å². The highest BCUT2D eigenvalue weighted by molar-refractivity contribution is 5.36. The third kappa shape index (κ3) is 5.36. The van der Waals surface area contributed by atoms with Crippen molar-refractivity contribution in [3.63, 3.8) is 0 Å². The number of hydrogen-bond donors (Lipinski definition) is 2. The molecule has 1 aromatic carbocycles. The molecule has 0 heterocycles. The summed E-state index contributed by atoms with van der Waals surface area (Å²) in [5.74, 6) is 6.18. The van der Waals surface area contributed by atoms with E-state index in [0.717, 1.165) is 0 Å². The summed E-state index contributed by atoms with van der Waals surface area (Å²) in [5.41, 5.74) is 0.540. The molecule has 1 unspecified atom stereocenters. The molecular weight excluding hydrogens is 228 g/mol. The van der Waals surface area contributed by atoms with E-state index in [1.165, 1.54) is 0 Å². The largest absolute Gasteiger partial charge is 0.491 e. The number of hydrogen-bond acceptors (Lipinski definition) is 4. The fraction of sp³-hybridized carbons (Fsp3) is 0.357. The molecule has 0 amide bonds. The molecule has 4 nitrogen and oxygen atoms in total. The van der Waals surface area contributed by atoms with Gasteiger partial charge in [-0.15, -0.1) is 5.92 Å². The van der Waals surface area contributed by atoms with E-state index in [1.807, 2.05) is 6.07 Å². The molecule has 1 rings (SSSR count). The van der Waals surface area contributed by atoms with Crippen LogP contribution in [-0.4, -0.2) is 30.9 Å². The Morgan fingerprint density at radius 3 is 3.06 bits per heavy atom. The van der Waals surface area contributed by atoms with Crippen molar-refractivity contribution in [3.05, 3.63) is 29.8 Å². The summed E-state index contributed by atoms with van der Waals surface area (Å²) in [6, 6.07) is 8.88. The van der Waals surface area contributed by atoms with Crippen LogP contribution in [0.2, 0.25) is 0 Å². The Bertz CT molecular complexity index is 469. The smallest absolute Gasteiger partial charge is 0.120 e. The van der Waals surface area contributed by atoms with Gasteiger partial charge in [0.25, 0.3) is 0 Å². The molecule has 0 saturated heterocycles. The number of nitrogens with one attached hydrogen (secondary N) is 1. The van der Waals surface area contributed by atoms with Crippen molar-refractivity contribution in [2.45, 2.75) is 13.0 Å². The molecule has 4 heteroatoms. The fourth-order valence-electron chi connectivity index (χ4n) is 1.30. The van der Waals surface area contributed by atoms with Gasteiger partial charge in [-0.2, -0.15) is 5.26 Å². The van der Waals surface area contributed by atoms with Crippen LogP contribution in [0, 0.1) is 23.2 Å². The van der Waals surface area contributed by atoms with E-state index >= 15 is 0 Å². The molecule has 1 atom stereocenters. The monoisotopic (exact) mass is 244 g/mol. The predicted octanol–water partition coefficient (Wildman–Crippen LogP) is 0.911. The normalized spacial score (nSPS) is 10.9. The van der Waals surface area contributed by atoms with Crippen molar-refractivity contribution in [2.75, 3.05) is 19.7 Å². The molecule has 1 aromatic rings. The topological polar surface area (TPSA) is 65.3 Å². The van der Waals surface area contributed by atoms with Crippen LogP contribution in [0.3, 0.4) is 0 Å². The molecule has 0 saturated carbocycles. The molecular formula is C14H16N2O2. The molecule has 0 radical (unpaired) electrons. The van der Waals surface area contributed by atoms with Crippen LogP contribution in [0.5, 0.6) is 5.75 Å². The summed E-state index contributed by atoms with van der Waals surface area (Å²) in [4.78, 5) is 0. The fourth-order valence-corrected chi connectivity index (χ4v) is 1.30. The second kappa shape index (κ2) is 8.14. The maximum Gasteiger partial charge on any atom is 0.120 e. The van der Waals surface area contributed by atoms with Crippen LogP contribution in [0.1, 0.15) is 12.5 Å². The minimum absolute atomic E-state index is 0.182. The Labute approximate surface area is 107 Å². The molecule has 2 N–H and O–H groups in total. The van der Waals surface area contributed by atoms with Crippen molar-refractivity contribution in [3.8, 4) is 23.7 Å². The van der Waals surface area contributed by atoms with Crippen molar-refractivity contribution in [1.82, 2.24) is 5.32 Å². The molecule has 94 valence electrons. The Morgan fingerprint density at radius 1 is 1.50 bits per heavy atom. The number of nitrogens with zero attached hydrogens (tertiary/aromatic N) is 1. The van der Waals surface area contributed by atoms with Crippen LogP contribution in [0.25, 0.3) is 0 Å². The number of aliphatic hydroxyl groups is 1. The highest BCUT2D eigenvalue weighted by Crippen LogP contribution is 2.12. The summed E-state index contributed by atoms with van der Waals surface area (Å²) < 4.78 is 5.39. The maximum atomic E-state index is 9.64. The third-order valence-corrected chi connectivity index (χ3v) is 2.18. The zero-order valence-electron chi connectivity index (χ0n) is 10.3. The van der Waals surface area contributed by atoms with Crippen LogP contribution in [-0.2, 0) is 0 Å². The molecule has 0 bridgehead atoms. The number of nitriles is 1. The van der Waals surface area contributed by atoms with Gasteiger partial charge in [-0.25, -0.2) is 0 Å². The van der Waals surface area contributed by atoms with Crippen molar-refractivity contribution in [1.29, 1.82) is 5.26 Å². The van der Waals surface area contributed by atoms with E-state index in [4.69, 9.17) is 10.00 Å². The first-order chi connectivity index (χ1) is 8.76. The molecule has 0 aromatic heterocycles. The molecule has 18 heavy (non-hydrogen) atoms. The standard InChI is InChI=1S/C14H16N2O2/c1-2-3-7-16-10-13(17)11-18-14-6-4-5-12(8-14)9-15/h4-6,8,13,16-17H,7,10-11H2,1H3. The second-order valence-corrected chi connectivity index (χ2v) is 3.66. The van der Waals surface area contributed by atoms with Crippen molar-refractivity contribution < 1.29 is 9.84 Å². The van der Waals surface area contributed by atoms with Gasteiger partial charge in [-0.1, -0.05) is 12.0 Å². The molecule has 0 spiro atoms. The average Bonchev–Trinajstić information content (AvgIpc) is 2.41. The lowest BCUT2D eigenvalue weighted by Gasteiger charge is -2.12. The summed E-state index contributed by atoms with van der Waals surface area (Å²) >= 11 is 0. The summed E-state index contributed by atoms with van der Waals surface area (Å²) in [5, 5.41) is 21.4. The second-order valence-electron chi connectivity index (χ2n) is 3.66. The molecule has 0 aliphatic heterocycles. The van der Waals surface area contributed by atoms with E-state index in [0.29, 0.717) is 24.4 Å². The van der Waals surface area contributed by atoms with Gasteiger partial charge in [0, 0.05) is 6.54 Å². The van der Waals surface area contributed by atoms with Crippen molar-refractivity contribution in [2.24, 2.45) is 0 Å². The van der Waals surface area contributed by atoms with E-state index in [2.05, 4.69) is 17.2 Å². The van der Waals surface area contributed by atoms with E-state index < -0.39 is 6.10 Å². The van der Waals surface area contributed by atoms with Gasteiger partial charge in [-0.3, -0.25) is 0 Å². The van der Waals surface area contributed by atoms with Crippen LogP contribution < -0.4 is 10.1 Å². The first-order valence-electron chi connectivity index (χ1n) is 5.67. The zero-order valence-corrected chi connectivity index (χ0v) is 10.3. The minimum Gasteiger partial charge on any atom is -0.491 e. The Morgan fingerprint density at radius 2 is 2.33 bits per heavy atom. The quantitative estimate of drug-likeness (QED) is 0.576. The number of aliphatic hydroxyl groups excluding tert-OH is 1. The van der Waals surface area contributed by atoms with Gasteiger partial charge in [0.05, 0.1) is 18.2 Å². The van der Waals surface area contributed by atoms with Gasteiger partial charge in [0.2, 0.25) is 0 Å². The first kappa shape index (κ1) is 14.1. The predicted molar refractivity (Wildman–Crippen MR) is 69.0 cm³/mol. The Kier molecular flexibility index (Phi) is 6.35. The third-order valence-electron chi connectivity index (χ3n) is 2.18. The maximum absolute atomic E-state index is 9.64. The van der Waals surface area contributed by atoms with Crippen LogP contribution in [0.15, 0.2) is 24.3 Å². The van der Waals surface area contributed by atoms with Gasteiger partial charge >= 0.3 is 0 Å². The highest BCUT2D eigenvalue weighted by Gasteiger charge is 2.04. The number of rotatable bonds is 6. The number of benzene rings is 1. The van der Waals surface area contributed by atoms with Crippen LogP contribution in [0.4, 0.5) is 0 Å².